The van der Waals surface area contributed by atoms with Gasteiger partial charge in [0.15, 0.2) is 5.96 Å². The molecule has 16 heteroatoms. The summed E-state index contributed by atoms with van der Waals surface area (Å²) in [5.41, 5.74) is 21.5. The van der Waals surface area contributed by atoms with Gasteiger partial charge in [0.1, 0.15) is 18.1 Å². The minimum Gasteiger partial charge on any atom is -0.481 e. The predicted molar refractivity (Wildman–Crippen MR) is 136 cm³/mol. The third-order valence-corrected chi connectivity index (χ3v) is 5.67. The first-order valence-electron chi connectivity index (χ1n) is 12.1. The number of carbonyl (C=O) groups excluding carboxylic acids is 4. The number of aliphatic imine (C=N–C) groups is 1. The topological polar surface area (TPSA) is 295 Å². The number of nitrogens with one attached hydrogen (secondary N) is 3. The van der Waals surface area contributed by atoms with Gasteiger partial charge in [-0.3, -0.25) is 29.0 Å². The first kappa shape index (κ1) is 34.0. The number of nitrogens with zero attached hydrogens (tertiary/aromatic N) is 1. The molecule has 0 bridgehead atoms. The molecule has 0 heterocycles. The Kier molecular flexibility index (Phi) is 15.7. The van der Waals surface area contributed by atoms with Gasteiger partial charge < -0.3 is 49.1 Å². The molecular formula is C22H40N8O8. The van der Waals surface area contributed by atoms with Crippen molar-refractivity contribution < 1.29 is 39.0 Å². The van der Waals surface area contributed by atoms with Crippen LogP contribution < -0.4 is 38.9 Å². The van der Waals surface area contributed by atoms with Gasteiger partial charge in [-0.05, 0) is 31.6 Å². The van der Waals surface area contributed by atoms with Crippen LogP contribution in [0.25, 0.3) is 0 Å². The Morgan fingerprint density at radius 3 is 1.87 bits per heavy atom. The van der Waals surface area contributed by atoms with Crippen molar-refractivity contribution in [1.82, 2.24) is 16.0 Å². The van der Waals surface area contributed by atoms with Crippen LogP contribution >= 0.6 is 0 Å². The van der Waals surface area contributed by atoms with Crippen molar-refractivity contribution >= 4 is 41.5 Å². The van der Waals surface area contributed by atoms with Gasteiger partial charge in [0.2, 0.25) is 23.6 Å². The number of guanidine groups is 1. The molecule has 0 rings (SSSR count). The number of rotatable bonds is 19. The SMILES string of the molecule is CCC(C)C(NC(=O)C(CCCN=C(N)N)NC(=O)C(CCC(N)=O)NC(=O)C(N)CCC(=O)O)C(=O)O. The van der Waals surface area contributed by atoms with Crippen molar-refractivity contribution in [3.8, 4) is 0 Å². The highest BCUT2D eigenvalue weighted by molar-refractivity contribution is 5.94. The lowest BCUT2D eigenvalue weighted by Gasteiger charge is -2.26. The average molecular weight is 545 g/mol. The maximum Gasteiger partial charge on any atom is 0.326 e. The maximum atomic E-state index is 13.1. The van der Waals surface area contributed by atoms with Gasteiger partial charge in [0.05, 0.1) is 6.04 Å². The predicted octanol–water partition coefficient (Wildman–Crippen LogP) is -2.92. The van der Waals surface area contributed by atoms with E-state index in [2.05, 4.69) is 20.9 Å². The lowest BCUT2D eigenvalue weighted by Crippen LogP contribution is -2.57. The number of carboxylic acids is 2. The van der Waals surface area contributed by atoms with Crippen LogP contribution in [-0.2, 0) is 28.8 Å². The van der Waals surface area contributed by atoms with Gasteiger partial charge in [-0.15, -0.1) is 0 Å². The Morgan fingerprint density at radius 1 is 0.816 bits per heavy atom. The molecular weight excluding hydrogens is 504 g/mol. The van der Waals surface area contributed by atoms with Crippen LogP contribution in [0, 0.1) is 5.92 Å². The Balaban J connectivity index is 5.74. The van der Waals surface area contributed by atoms with Crippen molar-refractivity contribution in [2.75, 3.05) is 6.54 Å². The summed E-state index contributed by atoms with van der Waals surface area (Å²) < 4.78 is 0. The largest absolute Gasteiger partial charge is 0.481 e. The highest BCUT2D eigenvalue weighted by Gasteiger charge is 2.32. The minimum atomic E-state index is -1.34. The standard InChI is InChI=1S/C22H40N8O8/c1-3-11(2)17(21(37)38)30-20(36)13(5-4-10-27-22(25)26)29-19(35)14(7-8-15(24)31)28-18(34)12(23)6-9-16(32)33/h11-14,17H,3-10,23H2,1-2H3,(H2,24,31)(H,28,34)(H,29,35)(H,30,36)(H,32,33)(H,37,38)(H4,25,26,27). The molecule has 0 saturated carbocycles. The monoisotopic (exact) mass is 544 g/mol. The summed E-state index contributed by atoms with van der Waals surface area (Å²) in [7, 11) is 0. The zero-order valence-electron chi connectivity index (χ0n) is 21.6. The van der Waals surface area contributed by atoms with Gasteiger partial charge in [0, 0.05) is 19.4 Å². The molecule has 0 saturated heterocycles. The number of amides is 4. The van der Waals surface area contributed by atoms with E-state index in [1.54, 1.807) is 13.8 Å². The van der Waals surface area contributed by atoms with Crippen molar-refractivity contribution in [3.63, 3.8) is 0 Å². The van der Waals surface area contributed by atoms with E-state index in [0.29, 0.717) is 6.42 Å². The van der Waals surface area contributed by atoms with Crippen molar-refractivity contribution in [2.45, 2.75) is 83.0 Å². The molecule has 5 atom stereocenters. The van der Waals surface area contributed by atoms with Gasteiger partial charge in [-0.1, -0.05) is 20.3 Å². The third-order valence-electron chi connectivity index (χ3n) is 5.67. The Labute approximate surface area is 220 Å². The van der Waals surface area contributed by atoms with Gasteiger partial charge >= 0.3 is 11.9 Å². The number of carboxylic acid groups (broad SMARTS) is 2. The fourth-order valence-corrected chi connectivity index (χ4v) is 3.23. The van der Waals surface area contributed by atoms with E-state index in [1.165, 1.54) is 0 Å². The van der Waals surface area contributed by atoms with Crippen LogP contribution in [0.1, 0.15) is 58.8 Å². The fraction of sp³-hybridized carbons (Fsp3) is 0.682. The third kappa shape index (κ3) is 14.0. The Bertz CT molecular complexity index is 877. The van der Waals surface area contributed by atoms with Crippen molar-refractivity contribution in [1.29, 1.82) is 0 Å². The minimum absolute atomic E-state index is 0.00973. The molecule has 16 nitrogen and oxygen atoms in total. The van der Waals surface area contributed by atoms with Crippen LogP contribution in [0.5, 0.6) is 0 Å². The molecule has 0 radical (unpaired) electrons. The Morgan fingerprint density at radius 2 is 1.37 bits per heavy atom. The quantitative estimate of drug-likeness (QED) is 0.0450. The van der Waals surface area contributed by atoms with Crippen LogP contribution in [0.15, 0.2) is 4.99 Å². The van der Waals surface area contributed by atoms with Crippen molar-refractivity contribution in [2.24, 2.45) is 33.8 Å². The zero-order valence-corrected chi connectivity index (χ0v) is 21.6. The van der Waals surface area contributed by atoms with Crippen LogP contribution in [-0.4, -0.2) is 82.5 Å². The van der Waals surface area contributed by atoms with Gasteiger partial charge in [-0.2, -0.15) is 0 Å². The van der Waals surface area contributed by atoms with Crippen LogP contribution in [0.4, 0.5) is 0 Å². The molecule has 0 aromatic heterocycles. The van der Waals surface area contributed by atoms with E-state index >= 15 is 0 Å². The van der Waals surface area contributed by atoms with E-state index in [1.807, 2.05) is 0 Å². The van der Waals surface area contributed by atoms with Crippen LogP contribution in [0.2, 0.25) is 0 Å². The lowest BCUT2D eigenvalue weighted by atomic mass is 9.98. The molecule has 0 aliphatic carbocycles. The molecule has 0 aliphatic heterocycles. The fourth-order valence-electron chi connectivity index (χ4n) is 3.23. The molecule has 4 amide bonds. The molecule has 0 aromatic carbocycles. The number of primary amides is 1. The highest BCUT2D eigenvalue weighted by atomic mass is 16.4. The van der Waals surface area contributed by atoms with Gasteiger partial charge in [0.25, 0.3) is 0 Å². The second kappa shape index (κ2) is 17.5. The summed E-state index contributed by atoms with van der Waals surface area (Å²) in [6.07, 6.45) is -0.405. The number of hydrogen-bond donors (Lipinski definition) is 9. The first-order valence-corrected chi connectivity index (χ1v) is 12.1. The number of hydrogen-bond acceptors (Lipinski definition) is 8. The molecule has 0 aromatic rings. The van der Waals surface area contributed by atoms with Crippen LogP contribution in [0.3, 0.4) is 0 Å². The molecule has 13 N–H and O–H groups in total. The van der Waals surface area contributed by atoms with Gasteiger partial charge in [-0.25, -0.2) is 4.79 Å². The molecule has 0 aliphatic rings. The zero-order chi connectivity index (χ0) is 29.4. The summed E-state index contributed by atoms with van der Waals surface area (Å²) in [6.45, 7) is 3.53. The summed E-state index contributed by atoms with van der Waals surface area (Å²) in [4.78, 5) is 76.0. The average Bonchev–Trinajstić information content (AvgIpc) is 2.83. The summed E-state index contributed by atoms with van der Waals surface area (Å²) in [5.74, 6) is -6.24. The first-order chi connectivity index (χ1) is 17.7. The molecule has 216 valence electrons. The second-order valence-corrected chi connectivity index (χ2v) is 8.83. The second-order valence-electron chi connectivity index (χ2n) is 8.83. The summed E-state index contributed by atoms with van der Waals surface area (Å²) in [5, 5.41) is 25.5. The van der Waals surface area contributed by atoms with E-state index in [0.717, 1.165) is 0 Å². The van der Waals surface area contributed by atoms with E-state index in [4.69, 9.17) is 28.0 Å². The molecule has 0 spiro atoms. The summed E-state index contributed by atoms with van der Waals surface area (Å²) >= 11 is 0. The summed E-state index contributed by atoms with van der Waals surface area (Å²) in [6, 6.07) is -5.05. The smallest absolute Gasteiger partial charge is 0.326 e. The maximum absolute atomic E-state index is 13.1. The van der Waals surface area contributed by atoms with E-state index in [-0.39, 0.29) is 51.0 Å². The molecule has 0 fully saturated rings. The number of aliphatic carboxylic acids is 2. The molecule has 38 heavy (non-hydrogen) atoms. The Hall–Kier alpha value is -3.95. The molecule has 5 unspecified atom stereocenters. The number of nitrogens with two attached hydrogens (primary N) is 4. The van der Waals surface area contributed by atoms with E-state index < -0.39 is 65.7 Å². The highest BCUT2D eigenvalue weighted by Crippen LogP contribution is 2.10. The number of carbonyl (C=O) groups is 6. The normalized spacial score (nSPS) is 14.6. The van der Waals surface area contributed by atoms with E-state index in [9.17, 15) is 33.9 Å². The van der Waals surface area contributed by atoms with Crippen molar-refractivity contribution in [3.05, 3.63) is 0 Å². The lowest BCUT2D eigenvalue weighted by molar-refractivity contribution is -0.144.